The molecule has 0 aliphatic rings. The summed E-state index contributed by atoms with van der Waals surface area (Å²) < 4.78 is 11.3. The Balaban J connectivity index is 3.09. The van der Waals surface area contributed by atoms with Crippen LogP contribution in [0.1, 0.15) is 44.0 Å². The van der Waals surface area contributed by atoms with Crippen LogP contribution in [0.3, 0.4) is 0 Å². The van der Waals surface area contributed by atoms with Crippen LogP contribution < -0.4 is 15.2 Å². The summed E-state index contributed by atoms with van der Waals surface area (Å²) in [5.41, 5.74) is 6.09. The molecule has 0 fully saturated rings. The van der Waals surface area contributed by atoms with Crippen molar-refractivity contribution in [3.8, 4) is 11.5 Å². The summed E-state index contributed by atoms with van der Waals surface area (Å²) >= 11 is 6.31. The third-order valence-electron chi connectivity index (χ3n) is 3.62. The number of rotatable bonds is 9. The van der Waals surface area contributed by atoms with Crippen molar-refractivity contribution in [2.24, 2.45) is 5.73 Å². The average Bonchev–Trinajstić information content (AvgIpc) is 2.55. The molecule has 0 spiro atoms. The molecule has 0 bridgehead atoms. The zero-order chi connectivity index (χ0) is 17.4. The Hall–Kier alpha value is -1.46. The van der Waals surface area contributed by atoms with Gasteiger partial charge in [-0.25, -0.2) is 0 Å². The van der Waals surface area contributed by atoms with Gasteiger partial charge in [0.1, 0.15) is 0 Å². The molecular weight excluding hydrogens is 316 g/mol. The number of carbonyl (C=O) groups is 1. The van der Waals surface area contributed by atoms with Crippen LogP contribution >= 0.6 is 11.6 Å². The predicted octanol–water partition coefficient (Wildman–Crippen LogP) is 3.34. The van der Waals surface area contributed by atoms with Gasteiger partial charge in [0, 0.05) is 25.2 Å². The van der Waals surface area contributed by atoms with Crippen molar-refractivity contribution in [1.82, 2.24) is 4.90 Å². The number of nitrogens with two attached hydrogens (primary N) is 1. The van der Waals surface area contributed by atoms with Crippen molar-refractivity contribution < 1.29 is 14.3 Å². The van der Waals surface area contributed by atoms with Crippen LogP contribution in [-0.2, 0) is 0 Å². The van der Waals surface area contributed by atoms with E-state index in [1.807, 2.05) is 13.8 Å². The lowest BCUT2D eigenvalue weighted by atomic mass is 10.1. The highest BCUT2D eigenvalue weighted by molar-refractivity contribution is 6.32. The van der Waals surface area contributed by atoms with E-state index in [9.17, 15) is 4.79 Å². The molecule has 2 N–H and O–H groups in total. The summed E-state index contributed by atoms with van der Waals surface area (Å²) in [5, 5.41) is 0.379. The Bertz CT molecular complexity index is 523. The molecule has 1 aromatic rings. The number of ether oxygens (including phenoxy) is 2. The first-order chi connectivity index (χ1) is 11.0. The number of halogens is 1. The van der Waals surface area contributed by atoms with E-state index in [1.165, 1.54) is 0 Å². The van der Waals surface area contributed by atoms with Gasteiger partial charge in [-0.2, -0.15) is 0 Å². The van der Waals surface area contributed by atoms with Gasteiger partial charge in [0.15, 0.2) is 11.5 Å². The normalized spacial score (nSPS) is 11.9. The zero-order valence-corrected chi connectivity index (χ0v) is 15.2. The van der Waals surface area contributed by atoms with Gasteiger partial charge < -0.3 is 20.1 Å². The average molecular weight is 343 g/mol. The van der Waals surface area contributed by atoms with E-state index < -0.39 is 0 Å². The third-order valence-corrected chi connectivity index (χ3v) is 3.90. The second-order valence-corrected chi connectivity index (χ2v) is 5.83. The quantitative estimate of drug-likeness (QED) is 0.699. The molecule has 5 nitrogen and oxygen atoms in total. The molecule has 0 aliphatic carbocycles. The lowest BCUT2D eigenvalue weighted by Gasteiger charge is -2.24. The number of hydrogen-bond acceptors (Lipinski definition) is 4. The van der Waals surface area contributed by atoms with E-state index in [0.29, 0.717) is 41.8 Å². The maximum absolute atomic E-state index is 12.5. The number of likely N-dealkylation sites (N-methyl/N-ethyl adjacent to an activating group) is 1. The molecule has 1 amide bonds. The highest BCUT2D eigenvalue weighted by Crippen LogP contribution is 2.37. The Labute approximate surface area is 143 Å². The van der Waals surface area contributed by atoms with E-state index in [1.54, 1.807) is 24.1 Å². The summed E-state index contributed by atoms with van der Waals surface area (Å²) in [7, 11) is 1.72. The molecule has 23 heavy (non-hydrogen) atoms. The molecule has 0 aliphatic heterocycles. The van der Waals surface area contributed by atoms with Crippen LogP contribution in [0.4, 0.5) is 0 Å². The summed E-state index contributed by atoms with van der Waals surface area (Å²) in [6.45, 7) is 7.28. The summed E-state index contributed by atoms with van der Waals surface area (Å²) in [4.78, 5) is 14.1. The van der Waals surface area contributed by atoms with Crippen molar-refractivity contribution in [3.63, 3.8) is 0 Å². The molecule has 0 saturated heterocycles. The van der Waals surface area contributed by atoms with Gasteiger partial charge in [-0.15, -0.1) is 0 Å². The van der Waals surface area contributed by atoms with Crippen LogP contribution in [0, 0.1) is 0 Å². The van der Waals surface area contributed by atoms with Crippen LogP contribution in [0.2, 0.25) is 5.02 Å². The fourth-order valence-electron chi connectivity index (χ4n) is 1.97. The monoisotopic (exact) mass is 342 g/mol. The molecule has 1 atom stereocenters. The number of benzene rings is 1. The lowest BCUT2D eigenvalue weighted by molar-refractivity contribution is 0.0748. The van der Waals surface area contributed by atoms with E-state index in [-0.39, 0.29) is 11.9 Å². The van der Waals surface area contributed by atoms with E-state index in [0.717, 1.165) is 12.8 Å². The number of unbranched alkanes of at least 4 members (excludes halogenated alkanes) is 1. The second kappa shape index (κ2) is 9.63. The molecule has 0 aromatic heterocycles. The zero-order valence-electron chi connectivity index (χ0n) is 14.4. The van der Waals surface area contributed by atoms with Gasteiger partial charge in [0.25, 0.3) is 5.91 Å². The number of amides is 1. The van der Waals surface area contributed by atoms with Gasteiger partial charge >= 0.3 is 0 Å². The van der Waals surface area contributed by atoms with Gasteiger partial charge in [-0.3, -0.25) is 4.79 Å². The summed E-state index contributed by atoms with van der Waals surface area (Å²) in [6, 6.07) is 3.24. The van der Waals surface area contributed by atoms with Crippen molar-refractivity contribution in [1.29, 1.82) is 0 Å². The molecule has 1 aromatic carbocycles. The molecule has 0 saturated carbocycles. The van der Waals surface area contributed by atoms with Gasteiger partial charge in [-0.1, -0.05) is 24.9 Å². The Morgan fingerprint density at radius 3 is 2.61 bits per heavy atom. The lowest BCUT2D eigenvalue weighted by Crippen LogP contribution is -2.39. The van der Waals surface area contributed by atoms with Crippen LogP contribution in [0.15, 0.2) is 12.1 Å². The van der Waals surface area contributed by atoms with Crippen LogP contribution in [0.25, 0.3) is 0 Å². The highest BCUT2D eigenvalue weighted by Gasteiger charge is 2.21. The minimum Gasteiger partial charge on any atom is -0.490 e. The Morgan fingerprint density at radius 2 is 2.04 bits per heavy atom. The standard InChI is InChI=1S/C17H27ClN2O3/c1-5-7-8-23-16-14(18)9-13(10-15(16)22-6-2)17(21)20(4)12(3)11-19/h9-10,12H,5-8,11,19H2,1-4H3. The van der Waals surface area contributed by atoms with Crippen molar-refractivity contribution in [3.05, 3.63) is 22.7 Å². The van der Waals surface area contributed by atoms with Crippen molar-refractivity contribution in [2.75, 3.05) is 26.8 Å². The second-order valence-electron chi connectivity index (χ2n) is 5.42. The van der Waals surface area contributed by atoms with E-state index in [4.69, 9.17) is 26.8 Å². The Morgan fingerprint density at radius 1 is 1.35 bits per heavy atom. The smallest absolute Gasteiger partial charge is 0.254 e. The van der Waals surface area contributed by atoms with Gasteiger partial charge in [0.05, 0.1) is 18.2 Å². The summed E-state index contributed by atoms with van der Waals surface area (Å²) in [6.07, 6.45) is 1.96. The molecular formula is C17H27ClN2O3. The SMILES string of the molecule is CCCCOc1c(Cl)cc(C(=O)N(C)C(C)CN)cc1OCC. The fraction of sp³-hybridized carbons (Fsp3) is 0.588. The highest BCUT2D eigenvalue weighted by atomic mass is 35.5. The summed E-state index contributed by atoms with van der Waals surface area (Å²) in [5.74, 6) is 0.840. The molecule has 0 heterocycles. The first-order valence-electron chi connectivity index (χ1n) is 8.02. The minimum absolute atomic E-state index is 0.0581. The van der Waals surface area contributed by atoms with Crippen molar-refractivity contribution >= 4 is 17.5 Å². The number of nitrogens with zero attached hydrogens (tertiary/aromatic N) is 1. The van der Waals surface area contributed by atoms with Gasteiger partial charge in [0.2, 0.25) is 0 Å². The predicted molar refractivity (Wildman–Crippen MR) is 93.6 cm³/mol. The molecule has 1 rings (SSSR count). The first-order valence-corrected chi connectivity index (χ1v) is 8.40. The first kappa shape index (κ1) is 19.6. The number of carbonyl (C=O) groups excluding carboxylic acids is 1. The number of hydrogen-bond donors (Lipinski definition) is 1. The largest absolute Gasteiger partial charge is 0.490 e. The molecule has 130 valence electrons. The maximum Gasteiger partial charge on any atom is 0.254 e. The van der Waals surface area contributed by atoms with Gasteiger partial charge in [-0.05, 0) is 32.4 Å². The molecule has 0 radical (unpaired) electrons. The van der Waals surface area contributed by atoms with Crippen LogP contribution in [0.5, 0.6) is 11.5 Å². The van der Waals surface area contributed by atoms with E-state index in [2.05, 4.69) is 6.92 Å². The third kappa shape index (κ3) is 5.29. The topological polar surface area (TPSA) is 64.8 Å². The van der Waals surface area contributed by atoms with Crippen LogP contribution in [-0.4, -0.2) is 43.7 Å². The van der Waals surface area contributed by atoms with E-state index >= 15 is 0 Å². The fourth-order valence-corrected chi connectivity index (χ4v) is 2.24. The molecule has 6 heteroatoms. The molecule has 1 unspecified atom stereocenters. The van der Waals surface area contributed by atoms with Crippen molar-refractivity contribution in [2.45, 2.75) is 39.7 Å². The Kier molecular flexibility index (Phi) is 8.20. The minimum atomic E-state index is -0.147. The maximum atomic E-state index is 12.5.